The van der Waals surface area contributed by atoms with E-state index in [0.29, 0.717) is 11.5 Å². The Labute approximate surface area is 252 Å². The molecule has 0 saturated carbocycles. The molecule has 4 aromatic rings. The number of rotatable bonds is 6. The Bertz CT molecular complexity index is 1640. The SMILES string of the molecule is COc1ccccc1C1SCC(=O)N(CC(=O)Nc2ccc(C)cc2)c2c1c(C(C)(C)C)nn2-c1ccc(C)cc1C. The molecule has 7 nitrogen and oxygen atoms in total. The number of fused-ring (bicyclic) bond motifs is 1. The van der Waals surface area contributed by atoms with Crippen molar-refractivity contribution in [1.29, 1.82) is 0 Å². The number of aromatic nitrogens is 2. The average Bonchev–Trinajstić information content (AvgIpc) is 3.27. The second kappa shape index (κ2) is 11.7. The van der Waals surface area contributed by atoms with Gasteiger partial charge in [0.2, 0.25) is 11.8 Å². The van der Waals surface area contributed by atoms with Crippen molar-refractivity contribution in [3.8, 4) is 11.4 Å². The van der Waals surface area contributed by atoms with Crippen LogP contribution in [0.5, 0.6) is 5.75 Å². The van der Waals surface area contributed by atoms with Crippen LogP contribution in [0.4, 0.5) is 11.5 Å². The number of nitrogens with one attached hydrogen (secondary N) is 1. The summed E-state index contributed by atoms with van der Waals surface area (Å²) in [5.74, 6) is 1.15. The van der Waals surface area contributed by atoms with Crippen molar-refractivity contribution in [2.45, 2.75) is 52.2 Å². The summed E-state index contributed by atoms with van der Waals surface area (Å²) in [6.45, 7) is 12.4. The Morgan fingerprint density at radius 1 is 1.02 bits per heavy atom. The van der Waals surface area contributed by atoms with Crippen LogP contribution in [-0.2, 0) is 15.0 Å². The fourth-order valence-electron chi connectivity index (χ4n) is 5.39. The zero-order valence-electron chi connectivity index (χ0n) is 25.3. The van der Waals surface area contributed by atoms with E-state index in [0.717, 1.165) is 44.9 Å². The molecule has 1 aliphatic heterocycles. The van der Waals surface area contributed by atoms with E-state index < -0.39 is 0 Å². The summed E-state index contributed by atoms with van der Waals surface area (Å²) in [4.78, 5) is 29.1. The van der Waals surface area contributed by atoms with Gasteiger partial charge < -0.3 is 10.1 Å². The van der Waals surface area contributed by atoms with E-state index in [2.05, 4.69) is 39.1 Å². The van der Waals surface area contributed by atoms with E-state index in [1.54, 1.807) is 23.8 Å². The van der Waals surface area contributed by atoms with E-state index in [1.807, 2.05) is 79.2 Å². The molecule has 3 aromatic carbocycles. The van der Waals surface area contributed by atoms with Crippen molar-refractivity contribution >= 4 is 35.1 Å². The number of carbonyl (C=O) groups excluding carboxylic acids is 2. The first-order valence-electron chi connectivity index (χ1n) is 14.1. The van der Waals surface area contributed by atoms with Gasteiger partial charge in [-0.25, -0.2) is 4.68 Å². The number of benzene rings is 3. The third-order valence-corrected chi connectivity index (χ3v) is 8.67. The molecule has 1 N–H and O–H groups in total. The summed E-state index contributed by atoms with van der Waals surface area (Å²) in [6.07, 6.45) is 0. The number of amides is 2. The van der Waals surface area contributed by atoms with Gasteiger partial charge in [-0.1, -0.05) is 74.4 Å². The van der Waals surface area contributed by atoms with Crippen LogP contribution in [0.2, 0.25) is 0 Å². The molecule has 218 valence electrons. The van der Waals surface area contributed by atoms with Crippen molar-refractivity contribution in [2.24, 2.45) is 0 Å². The third kappa shape index (κ3) is 5.81. The molecule has 1 atom stereocenters. The topological polar surface area (TPSA) is 76.5 Å². The lowest BCUT2D eigenvalue weighted by Crippen LogP contribution is -2.40. The highest BCUT2D eigenvalue weighted by Crippen LogP contribution is 2.50. The molecular formula is C34H38N4O3S. The van der Waals surface area contributed by atoms with E-state index in [9.17, 15) is 9.59 Å². The molecule has 0 radical (unpaired) electrons. The summed E-state index contributed by atoms with van der Waals surface area (Å²) >= 11 is 1.54. The van der Waals surface area contributed by atoms with Crippen molar-refractivity contribution in [1.82, 2.24) is 9.78 Å². The van der Waals surface area contributed by atoms with Crippen LogP contribution in [0.1, 0.15) is 59.5 Å². The van der Waals surface area contributed by atoms with Gasteiger partial charge >= 0.3 is 0 Å². The number of ether oxygens (including phenoxy) is 1. The zero-order valence-corrected chi connectivity index (χ0v) is 26.1. The van der Waals surface area contributed by atoms with Gasteiger partial charge in [-0.2, -0.15) is 5.10 Å². The fraction of sp³-hybridized carbons (Fsp3) is 0.324. The maximum absolute atomic E-state index is 14.0. The molecule has 2 heterocycles. The van der Waals surface area contributed by atoms with E-state index >= 15 is 0 Å². The van der Waals surface area contributed by atoms with Crippen molar-refractivity contribution in [2.75, 3.05) is 29.6 Å². The van der Waals surface area contributed by atoms with Gasteiger partial charge in [0, 0.05) is 22.2 Å². The molecule has 1 unspecified atom stereocenters. The Balaban J connectivity index is 1.73. The molecule has 0 spiro atoms. The number of anilines is 2. The summed E-state index contributed by atoms with van der Waals surface area (Å²) in [5, 5.41) is 7.96. The Morgan fingerprint density at radius 2 is 1.71 bits per heavy atom. The minimum Gasteiger partial charge on any atom is -0.496 e. The first kappa shape index (κ1) is 29.5. The lowest BCUT2D eigenvalue weighted by atomic mass is 9.87. The average molecular weight is 583 g/mol. The Kier molecular flexibility index (Phi) is 8.19. The zero-order chi connectivity index (χ0) is 30.2. The maximum atomic E-state index is 14.0. The normalized spacial score (nSPS) is 15.3. The Morgan fingerprint density at radius 3 is 2.38 bits per heavy atom. The summed E-state index contributed by atoms with van der Waals surface area (Å²) in [5.41, 5.74) is 7.25. The van der Waals surface area contributed by atoms with Crippen molar-refractivity contribution in [3.63, 3.8) is 0 Å². The maximum Gasteiger partial charge on any atom is 0.244 e. The number of thioether (sulfide) groups is 1. The third-order valence-electron chi connectivity index (χ3n) is 7.44. The lowest BCUT2D eigenvalue weighted by Gasteiger charge is -2.25. The van der Waals surface area contributed by atoms with Crippen LogP contribution in [0.25, 0.3) is 5.69 Å². The fourth-order valence-corrected chi connectivity index (χ4v) is 6.62. The minimum atomic E-state index is -0.349. The molecule has 0 fully saturated rings. The molecule has 8 heteroatoms. The van der Waals surface area contributed by atoms with Crippen LogP contribution in [0.15, 0.2) is 66.7 Å². The molecule has 5 rings (SSSR count). The molecule has 1 aliphatic rings. The second-order valence-electron chi connectivity index (χ2n) is 11.9. The van der Waals surface area contributed by atoms with Crippen LogP contribution in [-0.4, -0.2) is 41.0 Å². The standard InChI is InChI=1S/C34H38N4O3S/c1-21-12-15-24(16-13-21)35-28(39)19-37-29(40)20-42-31(25-10-8-9-11-27(25)41-7)30-32(34(4,5)6)36-38(33(30)37)26-17-14-22(2)18-23(26)3/h8-18,31H,19-20H2,1-7H3,(H,35,39). The smallest absolute Gasteiger partial charge is 0.244 e. The van der Waals surface area contributed by atoms with E-state index in [1.165, 1.54) is 0 Å². The van der Waals surface area contributed by atoms with Gasteiger partial charge in [-0.3, -0.25) is 14.5 Å². The monoisotopic (exact) mass is 582 g/mol. The van der Waals surface area contributed by atoms with Gasteiger partial charge in [0.1, 0.15) is 18.1 Å². The number of hydrogen-bond donors (Lipinski definition) is 1. The number of carbonyl (C=O) groups is 2. The van der Waals surface area contributed by atoms with Crippen LogP contribution < -0.4 is 15.0 Å². The van der Waals surface area contributed by atoms with Gasteiger partial charge in [0.25, 0.3) is 0 Å². The summed E-state index contributed by atoms with van der Waals surface area (Å²) < 4.78 is 7.66. The van der Waals surface area contributed by atoms with Gasteiger partial charge in [0.15, 0.2) is 0 Å². The number of para-hydroxylation sites is 1. The molecule has 0 bridgehead atoms. The number of methoxy groups -OCH3 is 1. The summed E-state index contributed by atoms with van der Waals surface area (Å²) in [6, 6.07) is 21.8. The van der Waals surface area contributed by atoms with Gasteiger partial charge in [0.05, 0.1) is 29.5 Å². The molecule has 2 amide bonds. The quantitative estimate of drug-likeness (QED) is 0.267. The lowest BCUT2D eigenvalue weighted by molar-refractivity contribution is -0.120. The van der Waals surface area contributed by atoms with E-state index in [4.69, 9.17) is 9.84 Å². The molecule has 0 saturated heterocycles. The Hall–Kier alpha value is -4.04. The summed E-state index contributed by atoms with van der Waals surface area (Å²) in [7, 11) is 1.66. The predicted molar refractivity (Wildman–Crippen MR) is 171 cm³/mol. The highest BCUT2D eigenvalue weighted by atomic mass is 32.2. The predicted octanol–water partition coefficient (Wildman–Crippen LogP) is 6.91. The molecular weight excluding hydrogens is 544 g/mol. The second-order valence-corrected chi connectivity index (χ2v) is 13.0. The van der Waals surface area contributed by atoms with Crippen molar-refractivity contribution < 1.29 is 14.3 Å². The van der Waals surface area contributed by atoms with Gasteiger partial charge in [-0.05, 0) is 50.6 Å². The van der Waals surface area contributed by atoms with E-state index in [-0.39, 0.29) is 34.8 Å². The first-order chi connectivity index (χ1) is 20.0. The number of nitrogens with zero attached hydrogens (tertiary/aromatic N) is 3. The van der Waals surface area contributed by atoms with Crippen LogP contribution in [0.3, 0.4) is 0 Å². The largest absolute Gasteiger partial charge is 0.496 e. The first-order valence-corrected chi connectivity index (χ1v) is 15.1. The molecule has 1 aromatic heterocycles. The molecule has 0 aliphatic carbocycles. The highest BCUT2D eigenvalue weighted by molar-refractivity contribution is 8.00. The molecule has 42 heavy (non-hydrogen) atoms. The van der Waals surface area contributed by atoms with Crippen LogP contribution >= 0.6 is 11.8 Å². The van der Waals surface area contributed by atoms with Gasteiger partial charge in [-0.15, -0.1) is 11.8 Å². The van der Waals surface area contributed by atoms with Crippen LogP contribution in [0, 0.1) is 20.8 Å². The minimum absolute atomic E-state index is 0.140. The number of hydrogen-bond acceptors (Lipinski definition) is 5. The number of aryl methyl sites for hydroxylation is 3. The highest BCUT2D eigenvalue weighted by Gasteiger charge is 2.40. The van der Waals surface area contributed by atoms with Crippen molar-refractivity contribution in [3.05, 3.63) is 100 Å².